The minimum atomic E-state index is -0.548. The smallest absolute Gasteiger partial charge is 0.139 e. The molecule has 1 fully saturated rings. The fourth-order valence-corrected chi connectivity index (χ4v) is 2.72. The lowest BCUT2D eigenvalue weighted by molar-refractivity contribution is -0.0254. The van der Waals surface area contributed by atoms with E-state index in [1.54, 1.807) is 7.11 Å². The van der Waals surface area contributed by atoms with E-state index in [9.17, 15) is 0 Å². The lowest BCUT2D eigenvalue weighted by Gasteiger charge is -2.41. The van der Waals surface area contributed by atoms with Crippen molar-refractivity contribution in [1.29, 1.82) is 10.5 Å². The molecule has 1 saturated carbocycles. The second kappa shape index (κ2) is 3.83. The van der Waals surface area contributed by atoms with E-state index in [0.29, 0.717) is 0 Å². The van der Waals surface area contributed by atoms with Gasteiger partial charge in [0.2, 0.25) is 0 Å². The number of hydrogen-bond acceptors (Lipinski definition) is 3. The summed E-state index contributed by atoms with van der Waals surface area (Å²) in [5.74, 6) is -0.548. The second-order valence-corrected chi connectivity index (χ2v) is 5.09. The van der Waals surface area contributed by atoms with Crippen molar-refractivity contribution >= 4 is 0 Å². The lowest BCUT2D eigenvalue weighted by Crippen LogP contribution is -2.42. The number of ether oxygens (including phenoxy) is 1. The largest absolute Gasteiger partial charge is 0.381 e. The molecule has 0 saturated heterocycles. The molecule has 1 rings (SSSR count). The van der Waals surface area contributed by atoms with Crippen LogP contribution in [0.15, 0.2) is 0 Å². The van der Waals surface area contributed by atoms with Crippen LogP contribution in [0.3, 0.4) is 0 Å². The molecule has 0 amide bonds. The fourth-order valence-electron chi connectivity index (χ4n) is 2.72. The van der Waals surface area contributed by atoms with Crippen molar-refractivity contribution in [3.63, 3.8) is 0 Å². The molecule has 0 bridgehead atoms. The van der Waals surface area contributed by atoms with Crippen LogP contribution in [0.5, 0.6) is 0 Å². The van der Waals surface area contributed by atoms with Gasteiger partial charge in [0.05, 0.1) is 18.2 Å². The standard InChI is InChI=1S/C12H18N2O/c1-11(2)10(15-4)5-6-12(11,3)9(7-13)8-14/h9-10H,5-6H2,1-4H3/t10-,12+/m0/s1. The van der Waals surface area contributed by atoms with Gasteiger partial charge >= 0.3 is 0 Å². The molecule has 2 atom stereocenters. The van der Waals surface area contributed by atoms with E-state index in [1.807, 2.05) is 6.92 Å². The Morgan fingerprint density at radius 1 is 1.27 bits per heavy atom. The SMILES string of the molecule is CO[C@H]1CC[C@](C)(C(C#N)C#N)C1(C)C. The van der Waals surface area contributed by atoms with Gasteiger partial charge in [-0.25, -0.2) is 0 Å². The van der Waals surface area contributed by atoms with Gasteiger partial charge in [-0.2, -0.15) is 10.5 Å². The van der Waals surface area contributed by atoms with Gasteiger partial charge in [-0.3, -0.25) is 0 Å². The van der Waals surface area contributed by atoms with E-state index in [4.69, 9.17) is 15.3 Å². The molecular weight excluding hydrogens is 188 g/mol. The van der Waals surface area contributed by atoms with Gasteiger partial charge in [0, 0.05) is 12.5 Å². The molecule has 0 aromatic rings. The number of hydrogen-bond donors (Lipinski definition) is 0. The molecule has 0 aliphatic heterocycles. The van der Waals surface area contributed by atoms with Crippen LogP contribution in [0, 0.1) is 39.4 Å². The van der Waals surface area contributed by atoms with Crippen LogP contribution in [0.25, 0.3) is 0 Å². The summed E-state index contributed by atoms with van der Waals surface area (Å²) < 4.78 is 5.44. The molecule has 0 aromatic carbocycles. The van der Waals surface area contributed by atoms with Gasteiger partial charge in [-0.15, -0.1) is 0 Å². The third-order valence-electron chi connectivity index (χ3n) is 4.38. The quantitative estimate of drug-likeness (QED) is 0.697. The maximum Gasteiger partial charge on any atom is 0.139 e. The summed E-state index contributed by atoms with van der Waals surface area (Å²) >= 11 is 0. The van der Waals surface area contributed by atoms with E-state index < -0.39 is 5.92 Å². The van der Waals surface area contributed by atoms with E-state index >= 15 is 0 Å². The van der Waals surface area contributed by atoms with Gasteiger partial charge in [-0.05, 0) is 18.3 Å². The number of nitrogens with zero attached hydrogens (tertiary/aromatic N) is 2. The van der Waals surface area contributed by atoms with E-state index in [2.05, 4.69) is 26.0 Å². The van der Waals surface area contributed by atoms with Gasteiger partial charge in [-0.1, -0.05) is 20.8 Å². The highest BCUT2D eigenvalue weighted by Gasteiger charge is 2.56. The normalized spacial score (nSPS) is 33.7. The average molecular weight is 206 g/mol. The maximum absolute atomic E-state index is 9.03. The summed E-state index contributed by atoms with van der Waals surface area (Å²) in [5, 5.41) is 18.1. The fraction of sp³-hybridized carbons (Fsp3) is 0.833. The second-order valence-electron chi connectivity index (χ2n) is 5.09. The summed E-state index contributed by atoms with van der Waals surface area (Å²) in [6.07, 6.45) is 1.95. The average Bonchev–Trinajstić information content (AvgIpc) is 2.41. The van der Waals surface area contributed by atoms with Crippen molar-refractivity contribution in [2.24, 2.45) is 16.7 Å². The first kappa shape index (κ1) is 12.0. The van der Waals surface area contributed by atoms with Gasteiger partial charge in [0.25, 0.3) is 0 Å². The molecule has 0 spiro atoms. The molecule has 0 aromatic heterocycles. The molecule has 3 nitrogen and oxygen atoms in total. The van der Waals surface area contributed by atoms with Gasteiger partial charge in [0.1, 0.15) is 5.92 Å². The van der Waals surface area contributed by atoms with Crippen LogP contribution in [0.4, 0.5) is 0 Å². The topological polar surface area (TPSA) is 56.8 Å². The molecule has 0 heterocycles. The van der Waals surface area contributed by atoms with Gasteiger partial charge in [0.15, 0.2) is 0 Å². The Balaban J connectivity index is 3.08. The van der Waals surface area contributed by atoms with Crippen molar-refractivity contribution in [2.45, 2.75) is 39.7 Å². The molecule has 3 heteroatoms. The Bertz CT molecular complexity index is 309. The summed E-state index contributed by atoms with van der Waals surface area (Å²) in [4.78, 5) is 0. The third-order valence-corrected chi connectivity index (χ3v) is 4.38. The molecule has 15 heavy (non-hydrogen) atoms. The summed E-state index contributed by atoms with van der Waals surface area (Å²) in [6, 6.07) is 4.24. The predicted molar refractivity (Wildman–Crippen MR) is 56.6 cm³/mol. The van der Waals surface area contributed by atoms with E-state index in [-0.39, 0.29) is 16.9 Å². The Kier molecular flexibility index (Phi) is 3.07. The van der Waals surface area contributed by atoms with E-state index in [1.165, 1.54) is 0 Å². The zero-order valence-electron chi connectivity index (χ0n) is 9.87. The van der Waals surface area contributed by atoms with Crippen molar-refractivity contribution in [1.82, 2.24) is 0 Å². The highest BCUT2D eigenvalue weighted by atomic mass is 16.5. The monoisotopic (exact) mass is 206 g/mol. The van der Waals surface area contributed by atoms with E-state index in [0.717, 1.165) is 12.8 Å². The Morgan fingerprint density at radius 2 is 1.80 bits per heavy atom. The Labute approximate surface area is 91.6 Å². The van der Waals surface area contributed by atoms with Crippen molar-refractivity contribution in [3.05, 3.63) is 0 Å². The summed E-state index contributed by atoms with van der Waals surface area (Å²) in [6.45, 7) is 6.22. The minimum absolute atomic E-state index is 0.127. The molecule has 0 unspecified atom stereocenters. The predicted octanol–water partition coefficient (Wildman–Crippen LogP) is 2.49. The van der Waals surface area contributed by atoms with Gasteiger partial charge < -0.3 is 4.74 Å². The zero-order chi connectivity index (χ0) is 11.7. The maximum atomic E-state index is 9.03. The Hall–Kier alpha value is -1.06. The van der Waals surface area contributed by atoms with Crippen LogP contribution < -0.4 is 0 Å². The highest BCUT2D eigenvalue weighted by molar-refractivity contribution is 5.16. The first-order valence-electron chi connectivity index (χ1n) is 5.26. The van der Waals surface area contributed by atoms with Crippen LogP contribution in [-0.2, 0) is 4.74 Å². The van der Waals surface area contributed by atoms with Crippen molar-refractivity contribution in [3.8, 4) is 12.1 Å². The molecule has 0 radical (unpaired) electrons. The van der Waals surface area contributed by atoms with Crippen LogP contribution in [0.1, 0.15) is 33.6 Å². The molecule has 0 N–H and O–H groups in total. The molecular formula is C12H18N2O. The highest BCUT2D eigenvalue weighted by Crippen LogP contribution is 2.57. The Morgan fingerprint density at radius 3 is 2.13 bits per heavy atom. The summed E-state index contributed by atoms with van der Waals surface area (Å²) in [7, 11) is 1.70. The third kappa shape index (κ3) is 1.52. The first-order valence-corrected chi connectivity index (χ1v) is 5.26. The number of nitriles is 2. The van der Waals surface area contributed by atoms with Crippen molar-refractivity contribution in [2.75, 3.05) is 7.11 Å². The number of rotatable bonds is 2. The minimum Gasteiger partial charge on any atom is -0.381 e. The molecule has 82 valence electrons. The number of methoxy groups -OCH3 is 1. The van der Waals surface area contributed by atoms with Crippen LogP contribution in [0.2, 0.25) is 0 Å². The molecule has 1 aliphatic carbocycles. The van der Waals surface area contributed by atoms with Crippen molar-refractivity contribution < 1.29 is 4.74 Å². The van der Waals surface area contributed by atoms with Crippen LogP contribution in [-0.4, -0.2) is 13.2 Å². The zero-order valence-corrected chi connectivity index (χ0v) is 9.87. The lowest BCUT2D eigenvalue weighted by atomic mass is 9.62. The van der Waals surface area contributed by atoms with Crippen LogP contribution >= 0.6 is 0 Å². The first-order chi connectivity index (χ1) is 6.94. The summed E-state index contributed by atoms with van der Waals surface area (Å²) in [5.41, 5.74) is -0.394. The molecule has 1 aliphatic rings.